The van der Waals surface area contributed by atoms with Crippen LogP contribution >= 0.6 is 0 Å². The minimum atomic E-state index is -0.968. The maximum atomic E-state index is 13.1. The molecule has 1 aliphatic heterocycles. The Labute approximate surface area is 271 Å². The van der Waals surface area contributed by atoms with Crippen LogP contribution in [0.25, 0.3) is 0 Å². The van der Waals surface area contributed by atoms with Gasteiger partial charge < -0.3 is 25.2 Å². The zero-order chi connectivity index (χ0) is 33.6. The number of carbonyl (C=O) groups excluding carboxylic acids is 5. The maximum absolute atomic E-state index is 13.1. The highest BCUT2D eigenvalue weighted by atomic mass is 16.5. The highest BCUT2D eigenvalue weighted by Gasteiger charge is 2.31. The molecule has 10 heteroatoms. The number of carbonyl (C=O) groups is 5. The van der Waals surface area contributed by atoms with Crippen molar-refractivity contribution < 1.29 is 38.6 Å². The SMILES string of the molecule is COC1/C=C/C=C/C=C/CC(OC(=O)[C@H](C)NC(=O)C2CCCCC2)C(C)C(O)/C(C)=C\CCC2=CC(=O)C=C(NC(=O)C1)C2=O. The predicted octanol–water partition coefficient (Wildman–Crippen LogP) is 4.26. The standard InChI is InChI=1S/C36H48N2O8/c1-23-14-13-17-27-20-28(39)21-30(34(27)42)38-32(40)22-29(45-4)18-11-6-5-7-12-19-31(24(2)33(23)41)46-36(44)25(3)37-35(43)26-15-9-8-10-16-26/h5-7,11-12,14,18,20-21,24-26,29,31,33,41H,8-10,13,15-17,19,22H2,1-4H3,(H,37,43)(H,38,40)/b6-5+,12-7+,18-11+,23-14-/t24?,25-,29?,31?,33?/m0/s1. The van der Waals surface area contributed by atoms with Crippen LogP contribution in [0.2, 0.25) is 0 Å². The van der Waals surface area contributed by atoms with Crippen LogP contribution in [0.5, 0.6) is 0 Å². The van der Waals surface area contributed by atoms with Crippen molar-refractivity contribution in [2.24, 2.45) is 11.8 Å². The first-order valence-electron chi connectivity index (χ1n) is 16.2. The summed E-state index contributed by atoms with van der Waals surface area (Å²) < 4.78 is 11.3. The molecule has 10 nitrogen and oxygen atoms in total. The average molecular weight is 637 g/mol. The molecule has 0 aromatic heterocycles. The van der Waals surface area contributed by atoms with Gasteiger partial charge >= 0.3 is 5.97 Å². The van der Waals surface area contributed by atoms with Crippen molar-refractivity contribution in [3.63, 3.8) is 0 Å². The first kappa shape index (κ1) is 36.6. The number of nitrogens with one attached hydrogen (secondary N) is 2. The van der Waals surface area contributed by atoms with E-state index in [1.807, 2.05) is 6.08 Å². The Bertz CT molecular complexity index is 1310. The lowest BCUT2D eigenvalue weighted by Gasteiger charge is -2.29. The maximum Gasteiger partial charge on any atom is 0.328 e. The Morgan fingerprint density at radius 1 is 1.04 bits per heavy atom. The number of methoxy groups -OCH3 is 1. The van der Waals surface area contributed by atoms with Gasteiger partial charge in [0.1, 0.15) is 12.1 Å². The molecule has 4 unspecified atom stereocenters. The predicted molar refractivity (Wildman–Crippen MR) is 174 cm³/mol. The highest BCUT2D eigenvalue weighted by molar-refractivity contribution is 6.21. The first-order valence-corrected chi connectivity index (χ1v) is 16.2. The van der Waals surface area contributed by atoms with E-state index in [9.17, 15) is 29.1 Å². The molecule has 3 N–H and O–H groups in total. The summed E-state index contributed by atoms with van der Waals surface area (Å²) in [6, 6.07) is -0.840. The Morgan fingerprint density at radius 2 is 1.76 bits per heavy atom. The second kappa shape index (κ2) is 18.3. The van der Waals surface area contributed by atoms with Crippen LogP contribution < -0.4 is 10.6 Å². The number of esters is 1. The molecule has 3 aliphatic rings. The number of allylic oxidation sites excluding steroid dienone is 8. The molecule has 3 rings (SSSR count). The summed E-state index contributed by atoms with van der Waals surface area (Å²) >= 11 is 0. The van der Waals surface area contributed by atoms with Crippen LogP contribution in [0.1, 0.15) is 78.6 Å². The van der Waals surface area contributed by atoms with Crippen LogP contribution in [0.3, 0.4) is 0 Å². The van der Waals surface area contributed by atoms with Gasteiger partial charge in [0, 0.05) is 37.0 Å². The third kappa shape index (κ3) is 11.2. The highest BCUT2D eigenvalue weighted by Crippen LogP contribution is 2.25. The van der Waals surface area contributed by atoms with Crippen molar-refractivity contribution in [2.75, 3.05) is 7.11 Å². The lowest BCUT2D eigenvalue weighted by molar-refractivity contribution is -0.156. The molecular weight excluding hydrogens is 588 g/mol. The molecule has 0 aromatic carbocycles. The van der Waals surface area contributed by atoms with Gasteiger partial charge in [0.15, 0.2) is 5.78 Å². The number of amides is 2. The van der Waals surface area contributed by atoms with Gasteiger partial charge in [0.05, 0.1) is 24.3 Å². The van der Waals surface area contributed by atoms with E-state index in [0.29, 0.717) is 18.4 Å². The number of rotatable bonds is 5. The minimum absolute atomic E-state index is 0.0567. The number of ketones is 2. The van der Waals surface area contributed by atoms with Gasteiger partial charge in [-0.25, -0.2) is 4.79 Å². The fraction of sp³-hybridized carbons (Fsp3) is 0.528. The molecule has 5 atom stereocenters. The molecule has 0 spiro atoms. The van der Waals surface area contributed by atoms with E-state index in [-0.39, 0.29) is 35.9 Å². The largest absolute Gasteiger partial charge is 0.460 e. The minimum Gasteiger partial charge on any atom is -0.460 e. The molecule has 2 amide bonds. The summed E-state index contributed by atoms with van der Waals surface area (Å²) in [6.45, 7) is 5.16. The number of aliphatic hydroxyl groups is 1. The second-order valence-corrected chi connectivity index (χ2v) is 12.3. The quantitative estimate of drug-likeness (QED) is 0.230. The monoisotopic (exact) mass is 636 g/mol. The zero-order valence-corrected chi connectivity index (χ0v) is 27.3. The van der Waals surface area contributed by atoms with Crippen LogP contribution in [-0.4, -0.2) is 65.9 Å². The third-order valence-electron chi connectivity index (χ3n) is 8.65. The number of ether oxygens (including phenoxy) is 2. The number of hydrogen-bond donors (Lipinski definition) is 3. The van der Waals surface area contributed by atoms with E-state index in [0.717, 1.165) is 38.2 Å². The van der Waals surface area contributed by atoms with Crippen LogP contribution in [0.15, 0.2) is 71.5 Å². The molecule has 2 aliphatic carbocycles. The number of fused-ring (bicyclic) bond motifs is 2. The summed E-state index contributed by atoms with van der Waals surface area (Å²) in [5.41, 5.74) is 0.803. The summed E-state index contributed by atoms with van der Waals surface area (Å²) in [7, 11) is 1.47. The molecule has 250 valence electrons. The molecule has 0 aromatic rings. The number of hydrogen-bond acceptors (Lipinski definition) is 8. The third-order valence-corrected chi connectivity index (χ3v) is 8.65. The molecule has 1 heterocycles. The molecule has 0 radical (unpaired) electrons. The van der Waals surface area contributed by atoms with E-state index in [1.54, 1.807) is 57.2 Å². The van der Waals surface area contributed by atoms with E-state index < -0.39 is 53.7 Å². The van der Waals surface area contributed by atoms with E-state index >= 15 is 0 Å². The smallest absolute Gasteiger partial charge is 0.328 e. The van der Waals surface area contributed by atoms with Crippen LogP contribution in [-0.2, 0) is 33.4 Å². The van der Waals surface area contributed by atoms with Gasteiger partial charge in [-0.15, -0.1) is 0 Å². The van der Waals surface area contributed by atoms with Crippen molar-refractivity contribution >= 4 is 29.4 Å². The van der Waals surface area contributed by atoms with E-state index in [2.05, 4.69) is 10.6 Å². The van der Waals surface area contributed by atoms with Gasteiger partial charge in [-0.2, -0.15) is 0 Å². The van der Waals surface area contributed by atoms with Crippen LogP contribution in [0, 0.1) is 11.8 Å². The molecule has 46 heavy (non-hydrogen) atoms. The summed E-state index contributed by atoms with van der Waals surface area (Å²) in [6.07, 6.45) is 18.1. The number of aliphatic hydroxyl groups excluding tert-OH is 1. The molecule has 1 fully saturated rings. The number of Topliss-reactive ketones (excluding diaryl/α,β-unsaturated/α-hetero) is 1. The van der Waals surface area contributed by atoms with Crippen molar-refractivity contribution in [3.8, 4) is 0 Å². The van der Waals surface area contributed by atoms with Gasteiger partial charge in [0.2, 0.25) is 17.6 Å². The lowest BCUT2D eigenvalue weighted by Crippen LogP contribution is -2.45. The second-order valence-electron chi connectivity index (χ2n) is 12.3. The summed E-state index contributed by atoms with van der Waals surface area (Å²) in [5.74, 6) is -2.59. The molecule has 0 saturated heterocycles. The molecule has 2 bridgehead atoms. The van der Waals surface area contributed by atoms with Gasteiger partial charge in [-0.3, -0.25) is 19.2 Å². The topological polar surface area (TPSA) is 148 Å². The van der Waals surface area contributed by atoms with Crippen molar-refractivity contribution in [2.45, 2.75) is 103 Å². The van der Waals surface area contributed by atoms with E-state index in [1.165, 1.54) is 13.2 Å². The van der Waals surface area contributed by atoms with Gasteiger partial charge in [-0.1, -0.05) is 68.7 Å². The first-order chi connectivity index (χ1) is 22.0. The normalized spacial score (nSPS) is 29.8. The Hall–Kier alpha value is -3.89. The van der Waals surface area contributed by atoms with Crippen molar-refractivity contribution in [3.05, 3.63) is 71.5 Å². The summed E-state index contributed by atoms with van der Waals surface area (Å²) in [5, 5.41) is 16.6. The fourth-order valence-electron chi connectivity index (χ4n) is 5.73. The average Bonchev–Trinajstić information content (AvgIpc) is 3.04. The van der Waals surface area contributed by atoms with Gasteiger partial charge in [0.25, 0.3) is 0 Å². The molecular formula is C36H48N2O8. The Morgan fingerprint density at radius 3 is 2.48 bits per heavy atom. The van der Waals surface area contributed by atoms with Crippen molar-refractivity contribution in [1.82, 2.24) is 10.6 Å². The zero-order valence-electron chi connectivity index (χ0n) is 27.3. The van der Waals surface area contributed by atoms with E-state index in [4.69, 9.17) is 9.47 Å². The van der Waals surface area contributed by atoms with Gasteiger partial charge in [-0.05, 0) is 51.2 Å². The van der Waals surface area contributed by atoms with Crippen LogP contribution in [0.4, 0.5) is 0 Å². The fourth-order valence-corrected chi connectivity index (χ4v) is 5.73. The summed E-state index contributed by atoms with van der Waals surface area (Å²) in [4.78, 5) is 63.8. The van der Waals surface area contributed by atoms with Crippen molar-refractivity contribution in [1.29, 1.82) is 0 Å². The Balaban J connectivity index is 1.79. The molecule has 1 saturated carbocycles. The Kier molecular flexibility index (Phi) is 14.6. The lowest BCUT2D eigenvalue weighted by atomic mass is 9.88.